The average Bonchev–Trinajstić information content (AvgIpc) is 0. The fourth-order valence-corrected chi connectivity index (χ4v) is 0. The maximum atomic E-state index is 0. The molecule has 0 aromatic heterocycles. The van der Waals surface area contributed by atoms with Crippen LogP contribution in [0.4, 0.5) is 0 Å². The van der Waals surface area contributed by atoms with Gasteiger partial charge < -0.3 is 32.9 Å². The molecule has 0 bridgehead atoms. The molecule has 0 aliphatic rings. The van der Waals surface area contributed by atoms with Crippen molar-refractivity contribution in [3.05, 3.63) is 0 Å². The standard InChI is InChI=1S/6H2O.2Sb.3Sr/h6*1H2;;;;;/q;;;;;;;;3*+2/p-6. The van der Waals surface area contributed by atoms with Crippen molar-refractivity contribution in [3.63, 3.8) is 0 Å². The molecule has 0 aliphatic heterocycles. The molecule has 11 heavy (non-hydrogen) atoms. The molecule has 0 saturated heterocycles. The van der Waals surface area contributed by atoms with E-state index in [-0.39, 0.29) is 218 Å². The van der Waals surface area contributed by atoms with Crippen molar-refractivity contribution in [3.8, 4) is 0 Å². The van der Waals surface area contributed by atoms with E-state index in [0.717, 1.165) is 0 Å². The van der Waals surface area contributed by atoms with Crippen LogP contribution in [0.3, 0.4) is 0 Å². The van der Waals surface area contributed by atoms with E-state index in [4.69, 9.17) is 0 Å². The molecule has 6 N–H and O–H groups in total. The third-order valence-electron chi connectivity index (χ3n) is 0. The maximum absolute atomic E-state index is 0. The molecule has 0 aromatic carbocycles. The van der Waals surface area contributed by atoms with Gasteiger partial charge in [-0.15, -0.1) is 0 Å². The Morgan fingerprint density at radius 3 is 0.273 bits per heavy atom. The summed E-state index contributed by atoms with van der Waals surface area (Å²) in [6.07, 6.45) is 0. The zero-order chi connectivity index (χ0) is 0. The van der Waals surface area contributed by atoms with Crippen LogP contribution in [0.1, 0.15) is 0 Å². The van der Waals surface area contributed by atoms with Gasteiger partial charge in [-0.25, -0.2) is 0 Å². The normalized spacial score (nSPS) is 0. The van der Waals surface area contributed by atoms with E-state index < -0.39 is 0 Å². The van der Waals surface area contributed by atoms with Crippen LogP contribution in [-0.4, -0.2) is 218 Å². The molecular formula is H6O6Sb2Sr3. The summed E-state index contributed by atoms with van der Waals surface area (Å²) in [6.45, 7) is 0. The van der Waals surface area contributed by atoms with Crippen molar-refractivity contribution in [2.24, 2.45) is 0 Å². The Labute approximate surface area is 212 Å². The minimum absolute atomic E-state index is 0. The van der Waals surface area contributed by atoms with Crippen LogP contribution in [0, 0.1) is 0 Å². The quantitative estimate of drug-likeness (QED) is 0.265. The molecule has 6 nitrogen and oxygen atoms in total. The first-order valence-corrected chi connectivity index (χ1v) is 0. The van der Waals surface area contributed by atoms with Gasteiger partial charge >= 0.3 is 136 Å². The summed E-state index contributed by atoms with van der Waals surface area (Å²) in [7, 11) is 0. The summed E-state index contributed by atoms with van der Waals surface area (Å²) < 4.78 is 0. The second-order valence-corrected chi connectivity index (χ2v) is 0. The Hall–Kier alpha value is 5.84. The van der Waals surface area contributed by atoms with Crippen molar-refractivity contribution in [1.29, 1.82) is 0 Å². The van der Waals surface area contributed by atoms with Crippen LogP contribution in [-0.2, 0) is 0 Å². The number of hydrogen-bond acceptors (Lipinski definition) is 6. The van der Waals surface area contributed by atoms with Gasteiger partial charge in [-0.05, 0) is 0 Å². The van der Waals surface area contributed by atoms with Gasteiger partial charge in [0.25, 0.3) is 0 Å². The third kappa shape index (κ3) is 89.0. The second-order valence-electron chi connectivity index (χ2n) is 0. The largest absolute Gasteiger partial charge is 2.00 e. The molecule has 0 fully saturated rings. The average molecular weight is 608 g/mol. The summed E-state index contributed by atoms with van der Waals surface area (Å²) in [5, 5.41) is 0. The van der Waals surface area contributed by atoms with E-state index in [2.05, 4.69) is 0 Å². The van der Waals surface area contributed by atoms with Crippen LogP contribution < -0.4 is 0 Å². The second kappa shape index (κ2) is 102. The fourth-order valence-electron chi connectivity index (χ4n) is 0. The third-order valence-corrected chi connectivity index (χ3v) is 0. The van der Waals surface area contributed by atoms with E-state index in [0.29, 0.717) is 0 Å². The zero-order valence-corrected chi connectivity index (χ0v) is 21.2. The van der Waals surface area contributed by atoms with E-state index in [1.54, 1.807) is 0 Å². The van der Waals surface area contributed by atoms with Crippen LogP contribution in [0.15, 0.2) is 0 Å². The molecule has 0 aromatic rings. The predicted molar refractivity (Wildman–Crippen MR) is 40.4 cm³/mol. The SMILES string of the molecule is [OH-].[OH-].[OH-].[OH-].[OH-].[OH-].[Sb].[Sb].[Sr+2].[Sr+2].[Sr+2]. The Morgan fingerprint density at radius 2 is 0.273 bits per heavy atom. The van der Waals surface area contributed by atoms with Crippen LogP contribution >= 0.6 is 0 Å². The van der Waals surface area contributed by atoms with E-state index in [1.165, 1.54) is 0 Å². The van der Waals surface area contributed by atoms with Crippen molar-refractivity contribution >= 4 is 185 Å². The minimum atomic E-state index is 0. The first-order chi connectivity index (χ1) is 0. The van der Waals surface area contributed by atoms with Crippen LogP contribution in [0.5, 0.6) is 0 Å². The van der Waals surface area contributed by atoms with E-state index in [9.17, 15) is 0 Å². The van der Waals surface area contributed by atoms with Crippen LogP contribution in [0.25, 0.3) is 0 Å². The van der Waals surface area contributed by atoms with Crippen molar-refractivity contribution in [2.45, 2.75) is 0 Å². The molecule has 0 saturated carbocycles. The zero-order valence-electron chi connectivity index (χ0n) is 5.70. The Morgan fingerprint density at radius 1 is 0.273 bits per heavy atom. The van der Waals surface area contributed by atoms with Gasteiger partial charge in [0.15, 0.2) is 0 Å². The fraction of sp³-hybridized carbons (Fsp3) is 0. The molecule has 0 amide bonds. The molecule has 0 spiro atoms. The molecule has 0 heterocycles. The Bertz CT molecular complexity index is 15.8. The van der Waals surface area contributed by atoms with Gasteiger partial charge in [-0.3, -0.25) is 0 Å². The summed E-state index contributed by atoms with van der Waals surface area (Å²) >= 11 is 0. The maximum Gasteiger partial charge on any atom is 2.00 e. The van der Waals surface area contributed by atoms with Crippen LogP contribution in [0.2, 0.25) is 0 Å². The topological polar surface area (TPSA) is 180 Å². The molecule has 0 rings (SSSR count). The smallest absolute Gasteiger partial charge is 0.870 e. The summed E-state index contributed by atoms with van der Waals surface area (Å²) in [5.74, 6) is 0. The molecular weight excluding hydrogens is 602 g/mol. The van der Waals surface area contributed by atoms with Gasteiger partial charge in [0.1, 0.15) is 0 Å². The molecule has 0 unspecified atom stereocenters. The first kappa shape index (κ1) is 124. The first-order valence-electron chi connectivity index (χ1n) is 0. The van der Waals surface area contributed by atoms with E-state index in [1.807, 2.05) is 0 Å². The molecule has 0 atom stereocenters. The number of hydrogen-bond donors (Lipinski definition) is 0. The number of rotatable bonds is 0. The molecule has 11 heteroatoms. The summed E-state index contributed by atoms with van der Waals surface area (Å²) in [5.41, 5.74) is 0. The molecule has 58 valence electrons. The van der Waals surface area contributed by atoms with Gasteiger partial charge in [0.2, 0.25) is 0 Å². The van der Waals surface area contributed by atoms with Crippen molar-refractivity contribution in [1.82, 2.24) is 0 Å². The van der Waals surface area contributed by atoms with Crippen molar-refractivity contribution in [2.75, 3.05) is 0 Å². The molecule has 0 aliphatic carbocycles. The summed E-state index contributed by atoms with van der Waals surface area (Å²) in [4.78, 5) is 0. The molecule has 6 radical (unpaired) electrons. The van der Waals surface area contributed by atoms with E-state index >= 15 is 0 Å². The van der Waals surface area contributed by atoms with Crippen molar-refractivity contribution < 1.29 is 32.9 Å². The van der Waals surface area contributed by atoms with Gasteiger partial charge in [-0.1, -0.05) is 0 Å². The Kier molecular flexibility index (Phi) is 1150. The Balaban J connectivity index is 0. The summed E-state index contributed by atoms with van der Waals surface area (Å²) in [6, 6.07) is 0. The minimum Gasteiger partial charge on any atom is -0.870 e. The van der Waals surface area contributed by atoms with Gasteiger partial charge in [-0.2, -0.15) is 0 Å². The van der Waals surface area contributed by atoms with Gasteiger partial charge in [0, 0.05) is 48.9 Å². The predicted octanol–water partition coefficient (Wildman–Crippen LogP) is -2.96. The van der Waals surface area contributed by atoms with Gasteiger partial charge in [0.05, 0.1) is 0 Å². The monoisotopic (exact) mass is 608 g/mol.